The van der Waals surface area contributed by atoms with Gasteiger partial charge in [-0.15, -0.1) is 0 Å². The van der Waals surface area contributed by atoms with Crippen LogP contribution in [0, 0.1) is 5.92 Å². The molecule has 0 rings (SSSR count). The van der Waals surface area contributed by atoms with Crippen molar-refractivity contribution in [1.82, 2.24) is 10.6 Å². The van der Waals surface area contributed by atoms with Crippen LogP contribution < -0.4 is 22.1 Å². The zero-order valence-electron chi connectivity index (χ0n) is 12.1. The van der Waals surface area contributed by atoms with Crippen molar-refractivity contribution >= 4 is 23.7 Å². The Balaban J connectivity index is 4.27. The van der Waals surface area contributed by atoms with Gasteiger partial charge in [-0.25, -0.2) is 4.79 Å². The molecule has 0 saturated carbocycles. The predicted molar refractivity (Wildman–Crippen MR) is 73.8 cm³/mol. The number of hydrogen-bond donors (Lipinski definition) is 5. The van der Waals surface area contributed by atoms with Crippen LogP contribution in [0.4, 0.5) is 0 Å². The van der Waals surface area contributed by atoms with E-state index in [9.17, 15) is 19.2 Å². The van der Waals surface area contributed by atoms with Crippen molar-refractivity contribution in [3.63, 3.8) is 0 Å². The van der Waals surface area contributed by atoms with Crippen molar-refractivity contribution in [2.45, 2.75) is 38.8 Å². The summed E-state index contributed by atoms with van der Waals surface area (Å²) in [4.78, 5) is 44.6. The van der Waals surface area contributed by atoms with Crippen LogP contribution in [-0.2, 0) is 19.2 Å². The number of primary amides is 1. The van der Waals surface area contributed by atoms with Crippen molar-refractivity contribution in [2.24, 2.45) is 17.4 Å². The third-order valence-corrected chi connectivity index (χ3v) is 2.52. The first-order valence-electron chi connectivity index (χ1n) is 6.47. The van der Waals surface area contributed by atoms with E-state index >= 15 is 0 Å². The molecule has 21 heavy (non-hydrogen) atoms. The molecule has 0 aliphatic heterocycles. The Morgan fingerprint density at radius 1 is 1.19 bits per heavy atom. The monoisotopic (exact) mass is 302 g/mol. The predicted octanol–water partition coefficient (Wildman–Crippen LogP) is -2.08. The number of carboxylic acids is 1. The van der Waals surface area contributed by atoms with Gasteiger partial charge in [0.2, 0.25) is 17.7 Å². The van der Waals surface area contributed by atoms with E-state index in [1.807, 2.05) is 13.8 Å². The number of nitrogens with two attached hydrogens (primary N) is 2. The van der Waals surface area contributed by atoms with Crippen LogP contribution in [0.15, 0.2) is 0 Å². The molecule has 9 heteroatoms. The van der Waals surface area contributed by atoms with E-state index in [2.05, 4.69) is 10.6 Å². The number of carboxylic acid groups (broad SMARTS) is 1. The Bertz CT molecular complexity index is 410. The number of rotatable bonds is 9. The van der Waals surface area contributed by atoms with E-state index in [0.29, 0.717) is 6.42 Å². The van der Waals surface area contributed by atoms with Crippen LogP contribution in [0.3, 0.4) is 0 Å². The molecule has 2 atom stereocenters. The molecule has 0 heterocycles. The van der Waals surface area contributed by atoms with Gasteiger partial charge in [-0.2, -0.15) is 0 Å². The van der Waals surface area contributed by atoms with E-state index < -0.39 is 48.7 Å². The summed E-state index contributed by atoms with van der Waals surface area (Å²) >= 11 is 0. The molecule has 0 aromatic carbocycles. The Kier molecular flexibility index (Phi) is 7.99. The number of nitrogens with one attached hydrogen (secondary N) is 2. The molecule has 9 nitrogen and oxygen atoms in total. The van der Waals surface area contributed by atoms with Crippen LogP contribution in [-0.4, -0.2) is 47.4 Å². The van der Waals surface area contributed by atoms with Gasteiger partial charge in [-0.1, -0.05) is 13.8 Å². The lowest BCUT2D eigenvalue weighted by atomic mass is 10.0. The van der Waals surface area contributed by atoms with Gasteiger partial charge in [0.25, 0.3) is 0 Å². The Hall–Kier alpha value is -2.16. The van der Waals surface area contributed by atoms with Gasteiger partial charge < -0.3 is 27.2 Å². The van der Waals surface area contributed by atoms with E-state index in [4.69, 9.17) is 16.6 Å². The van der Waals surface area contributed by atoms with E-state index in [-0.39, 0.29) is 5.92 Å². The fraction of sp³-hybridized carbons (Fsp3) is 0.667. The van der Waals surface area contributed by atoms with E-state index in [1.54, 1.807) is 0 Å². The second kappa shape index (κ2) is 8.90. The second-order valence-electron chi connectivity index (χ2n) is 5.08. The highest BCUT2D eigenvalue weighted by atomic mass is 16.4. The fourth-order valence-electron chi connectivity index (χ4n) is 1.56. The fourth-order valence-corrected chi connectivity index (χ4v) is 1.56. The minimum absolute atomic E-state index is 0.228. The first kappa shape index (κ1) is 18.8. The zero-order valence-corrected chi connectivity index (χ0v) is 12.1. The molecule has 0 aliphatic carbocycles. The lowest BCUT2D eigenvalue weighted by Crippen LogP contribution is -2.49. The summed E-state index contributed by atoms with van der Waals surface area (Å²) in [6.45, 7) is 3.38. The van der Waals surface area contributed by atoms with Crippen molar-refractivity contribution < 1.29 is 24.3 Å². The third-order valence-electron chi connectivity index (χ3n) is 2.52. The summed E-state index contributed by atoms with van der Waals surface area (Å²) < 4.78 is 0. The van der Waals surface area contributed by atoms with Gasteiger partial charge in [-0.05, 0) is 12.3 Å². The molecule has 0 aromatic heterocycles. The molecule has 7 N–H and O–H groups in total. The highest BCUT2D eigenvalue weighted by molar-refractivity contribution is 5.91. The van der Waals surface area contributed by atoms with Gasteiger partial charge >= 0.3 is 5.97 Å². The van der Waals surface area contributed by atoms with Gasteiger partial charge in [-0.3, -0.25) is 14.4 Å². The minimum Gasteiger partial charge on any atom is -0.480 e. The normalized spacial score (nSPS) is 13.3. The van der Waals surface area contributed by atoms with Crippen LogP contribution in [0.1, 0.15) is 26.7 Å². The van der Waals surface area contributed by atoms with Crippen molar-refractivity contribution in [3.05, 3.63) is 0 Å². The van der Waals surface area contributed by atoms with Gasteiger partial charge in [0.1, 0.15) is 6.04 Å². The zero-order chi connectivity index (χ0) is 16.6. The maximum Gasteiger partial charge on any atom is 0.326 e. The molecule has 120 valence electrons. The number of aliphatic carboxylic acids is 1. The highest BCUT2D eigenvalue weighted by Gasteiger charge is 2.22. The maximum atomic E-state index is 11.6. The summed E-state index contributed by atoms with van der Waals surface area (Å²) in [7, 11) is 0. The largest absolute Gasteiger partial charge is 0.480 e. The van der Waals surface area contributed by atoms with Crippen LogP contribution in [0.25, 0.3) is 0 Å². The summed E-state index contributed by atoms with van der Waals surface area (Å²) in [6.07, 6.45) is -0.0608. The molecular formula is C12H22N4O5. The quantitative estimate of drug-likeness (QED) is 0.328. The van der Waals surface area contributed by atoms with Crippen molar-refractivity contribution in [1.29, 1.82) is 0 Å². The van der Waals surface area contributed by atoms with Gasteiger partial charge in [0.15, 0.2) is 0 Å². The molecule has 0 aromatic rings. The SMILES string of the molecule is CC(C)CC(N)C(=O)NCC(=O)NC(CC(N)=O)C(=O)O. The summed E-state index contributed by atoms with van der Waals surface area (Å²) in [5, 5.41) is 13.2. The molecule has 0 spiro atoms. The molecule has 0 saturated heterocycles. The van der Waals surface area contributed by atoms with E-state index in [0.717, 1.165) is 0 Å². The molecule has 0 bridgehead atoms. The molecule has 0 fully saturated rings. The molecule has 0 aliphatic rings. The van der Waals surface area contributed by atoms with Crippen LogP contribution >= 0.6 is 0 Å². The number of carbonyl (C=O) groups excluding carboxylic acids is 3. The second-order valence-corrected chi connectivity index (χ2v) is 5.08. The standard InChI is InChI=1S/C12H22N4O5/c1-6(2)3-7(13)11(19)15-5-10(18)16-8(12(20)21)4-9(14)17/h6-8H,3-5,13H2,1-2H3,(H2,14,17)(H,15,19)(H,16,18)(H,20,21). The maximum absolute atomic E-state index is 11.6. The Morgan fingerprint density at radius 2 is 1.76 bits per heavy atom. The number of carbonyl (C=O) groups is 4. The van der Waals surface area contributed by atoms with Crippen molar-refractivity contribution in [2.75, 3.05) is 6.54 Å². The first-order valence-corrected chi connectivity index (χ1v) is 6.47. The van der Waals surface area contributed by atoms with E-state index in [1.165, 1.54) is 0 Å². The topological polar surface area (TPSA) is 165 Å². The number of hydrogen-bond acceptors (Lipinski definition) is 5. The summed E-state index contributed by atoms with van der Waals surface area (Å²) in [6, 6.07) is -2.16. The molecule has 3 amide bonds. The Morgan fingerprint density at radius 3 is 2.19 bits per heavy atom. The molecular weight excluding hydrogens is 280 g/mol. The number of amides is 3. The van der Waals surface area contributed by atoms with Crippen LogP contribution in [0.5, 0.6) is 0 Å². The van der Waals surface area contributed by atoms with Gasteiger partial charge in [0, 0.05) is 0 Å². The molecule has 2 unspecified atom stereocenters. The average Bonchev–Trinajstić information content (AvgIpc) is 2.33. The first-order chi connectivity index (χ1) is 9.63. The molecule has 0 radical (unpaired) electrons. The smallest absolute Gasteiger partial charge is 0.326 e. The Labute approximate surface area is 122 Å². The van der Waals surface area contributed by atoms with Crippen molar-refractivity contribution in [3.8, 4) is 0 Å². The average molecular weight is 302 g/mol. The lowest BCUT2D eigenvalue weighted by molar-refractivity contribution is -0.143. The summed E-state index contributed by atoms with van der Waals surface area (Å²) in [5.74, 6) is -3.25. The summed E-state index contributed by atoms with van der Waals surface area (Å²) in [5.41, 5.74) is 10.5. The lowest BCUT2D eigenvalue weighted by Gasteiger charge is -2.15. The minimum atomic E-state index is -1.42. The van der Waals surface area contributed by atoms with Gasteiger partial charge in [0.05, 0.1) is 19.0 Å². The highest BCUT2D eigenvalue weighted by Crippen LogP contribution is 2.02. The van der Waals surface area contributed by atoms with Crippen LogP contribution in [0.2, 0.25) is 0 Å². The third kappa shape index (κ3) is 8.58.